The molecule has 21 nitrogen and oxygen atoms in total. The molecule has 1 aromatic carbocycles. The van der Waals surface area contributed by atoms with E-state index in [2.05, 4.69) is 16.0 Å². The van der Waals surface area contributed by atoms with E-state index >= 15 is 0 Å². The van der Waals surface area contributed by atoms with Crippen LogP contribution in [0.5, 0.6) is 0 Å². The zero-order valence-electron chi connectivity index (χ0n) is 31.8. The summed E-state index contributed by atoms with van der Waals surface area (Å²) in [6, 6.07) is 3.95. The van der Waals surface area contributed by atoms with E-state index in [4.69, 9.17) is 15.3 Å². The largest absolute Gasteiger partial charge is 0.481 e. The highest BCUT2D eigenvalue weighted by atomic mass is 16.5. The first kappa shape index (κ1) is 49.3. The van der Waals surface area contributed by atoms with Crippen molar-refractivity contribution in [3.8, 4) is 0 Å². The highest BCUT2D eigenvalue weighted by molar-refractivity contribution is 6.04. The first-order valence-electron chi connectivity index (χ1n) is 18.6. The fourth-order valence-electron chi connectivity index (χ4n) is 5.03. The average molecular weight is 811 g/mol. The topological polar surface area (TPSA) is 321 Å². The third kappa shape index (κ3) is 22.5. The third-order valence-corrected chi connectivity index (χ3v) is 8.25. The molecule has 0 saturated carbocycles. The van der Waals surface area contributed by atoms with Crippen molar-refractivity contribution >= 4 is 53.4 Å². The minimum Gasteiger partial charge on any atom is -0.481 e. The van der Waals surface area contributed by atoms with Crippen molar-refractivity contribution < 1.29 is 74.1 Å². The van der Waals surface area contributed by atoms with Crippen LogP contribution < -0.4 is 16.0 Å². The number of nitrogens with one attached hydrogen (secondary N) is 3. The van der Waals surface area contributed by atoms with Gasteiger partial charge in [0.15, 0.2) is 0 Å². The highest BCUT2D eigenvalue weighted by Gasteiger charge is 2.18. The van der Waals surface area contributed by atoms with Gasteiger partial charge in [-0.1, -0.05) is 19.3 Å². The van der Waals surface area contributed by atoms with Crippen molar-refractivity contribution in [2.75, 3.05) is 39.3 Å². The zero-order valence-corrected chi connectivity index (χ0v) is 31.8. The summed E-state index contributed by atoms with van der Waals surface area (Å²) >= 11 is 0. The number of hydrogen-bond donors (Lipinski definition) is 9. The van der Waals surface area contributed by atoms with Crippen LogP contribution in [0.25, 0.3) is 0 Å². The number of hydroxylamine groups is 6. The molecule has 0 fully saturated rings. The SMILES string of the molecule is O=C(O)CCN(O)C(=O)CCCCCNC(=O)c1cc(C(=O)NCCCCCC(=O)N(O)CCC(=O)O)cc(C(=O)NCCCCCC(=O)N(O)CCC(=O)O)c1. The molecule has 0 saturated heterocycles. The smallest absolute Gasteiger partial charge is 0.305 e. The number of aliphatic carboxylic acids is 3. The van der Waals surface area contributed by atoms with Crippen LogP contribution in [0.15, 0.2) is 18.2 Å². The van der Waals surface area contributed by atoms with E-state index in [9.17, 15) is 58.8 Å². The Bertz CT molecular complexity index is 1350. The van der Waals surface area contributed by atoms with Crippen LogP contribution in [-0.4, -0.2) is 139 Å². The fourth-order valence-corrected chi connectivity index (χ4v) is 5.03. The van der Waals surface area contributed by atoms with E-state index in [1.54, 1.807) is 0 Å². The molecule has 0 bridgehead atoms. The number of carboxylic acids is 3. The van der Waals surface area contributed by atoms with Crippen molar-refractivity contribution in [1.29, 1.82) is 0 Å². The lowest BCUT2D eigenvalue weighted by Crippen LogP contribution is -2.30. The van der Waals surface area contributed by atoms with Crippen molar-refractivity contribution in [2.45, 2.75) is 96.3 Å². The van der Waals surface area contributed by atoms with Crippen LogP contribution in [0.2, 0.25) is 0 Å². The van der Waals surface area contributed by atoms with Gasteiger partial charge in [-0.2, -0.15) is 0 Å². The van der Waals surface area contributed by atoms with Crippen molar-refractivity contribution in [1.82, 2.24) is 31.1 Å². The van der Waals surface area contributed by atoms with Gasteiger partial charge in [0.1, 0.15) is 0 Å². The maximum Gasteiger partial charge on any atom is 0.305 e. The molecule has 1 rings (SSSR count). The van der Waals surface area contributed by atoms with E-state index in [0.29, 0.717) is 73.0 Å². The van der Waals surface area contributed by atoms with Gasteiger partial charge < -0.3 is 31.3 Å². The normalized spacial score (nSPS) is 10.6. The van der Waals surface area contributed by atoms with Crippen LogP contribution in [0.4, 0.5) is 0 Å². The van der Waals surface area contributed by atoms with Crippen molar-refractivity contribution in [3.05, 3.63) is 34.9 Å². The Morgan fingerprint density at radius 2 is 0.632 bits per heavy atom. The molecule has 9 N–H and O–H groups in total. The molecule has 0 heterocycles. The Morgan fingerprint density at radius 3 is 0.860 bits per heavy atom. The van der Waals surface area contributed by atoms with Gasteiger partial charge in [-0.25, -0.2) is 15.2 Å². The molecule has 6 amide bonds. The lowest BCUT2D eigenvalue weighted by atomic mass is 10.0. The molecule has 0 radical (unpaired) electrons. The Hall–Kier alpha value is -5.67. The molecule has 0 unspecified atom stereocenters. The Kier molecular flexibility index (Phi) is 24.1. The van der Waals surface area contributed by atoms with Crippen molar-refractivity contribution in [2.24, 2.45) is 0 Å². The number of hydrogen-bond acceptors (Lipinski definition) is 12. The van der Waals surface area contributed by atoms with Crippen LogP contribution >= 0.6 is 0 Å². The summed E-state index contributed by atoms with van der Waals surface area (Å²) in [5.74, 6) is -7.10. The monoisotopic (exact) mass is 810 g/mol. The Morgan fingerprint density at radius 1 is 0.386 bits per heavy atom. The number of rotatable bonds is 30. The maximum atomic E-state index is 13.1. The number of benzene rings is 1. The highest BCUT2D eigenvalue weighted by Crippen LogP contribution is 2.13. The minimum atomic E-state index is -1.16. The first-order valence-corrected chi connectivity index (χ1v) is 18.6. The Labute approximate surface area is 328 Å². The summed E-state index contributed by atoms with van der Waals surface area (Å²) in [5.41, 5.74) is 0.0480. The van der Waals surface area contributed by atoms with Crippen LogP contribution in [0.3, 0.4) is 0 Å². The molecular formula is C36H54N6O15. The molecule has 0 aromatic heterocycles. The molecule has 1 aromatic rings. The van der Waals surface area contributed by atoms with E-state index in [1.807, 2.05) is 0 Å². The van der Waals surface area contributed by atoms with E-state index in [-0.39, 0.29) is 75.2 Å². The van der Waals surface area contributed by atoms with Gasteiger partial charge in [-0.3, -0.25) is 58.8 Å². The van der Waals surface area contributed by atoms with Gasteiger partial charge in [0.2, 0.25) is 17.7 Å². The van der Waals surface area contributed by atoms with Gasteiger partial charge in [0.25, 0.3) is 17.7 Å². The molecule has 318 valence electrons. The standard InChI is InChI=1S/C36H54N6O15/c43-28(40(55)19-13-31(46)47)10-4-1-7-16-37-34(52)25-22-26(35(53)38-17-8-2-5-11-29(44)41(56)20-14-32(48)49)24-27(23-25)36(54)39-18-9-3-6-12-30(45)42(57)21-15-33(50)51/h22-24,55-57H,1-21H2,(H,37,52)(H,38,53)(H,39,54)(H,46,47)(H,48,49)(H,50,51). The van der Waals surface area contributed by atoms with E-state index in [0.717, 1.165) is 0 Å². The molecule has 0 aliphatic rings. The molecule has 0 spiro atoms. The number of carbonyl (C=O) groups excluding carboxylic acids is 6. The number of carbonyl (C=O) groups is 9. The number of carboxylic acid groups (broad SMARTS) is 3. The van der Waals surface area contributed by atoms with E-state index < -0.39 is 72.6 Å². The summed E-state index contributed by atoms with van der Waals surface area (Å²) in [6.07, 6.45) is 2.63. The second-order valence-electron chi connectivity index (χ2n) is 13.0. The lowest BCUT2D eigenvalue weighted by Gasteiger charge is -2.14. The predicted octanol–water partition coefficient (Wildman–Crippen LogP) is 1.63. The quantitative estimate of drug-likeness (QED) is 0.0303. The average Bonchev–Trinajstić information content (AvgIpc) is 3.17. The minimum absolute atomic E-state index is 0.0160. The number of nitrogens with zero attached hydrogens (tertiary/aromatic N) is 3. The van der Waals surface area contributed by atoms with Gasteiger partial charge in [-0.05, 0) is 56.7 Å². The molecular weight excluding hydrogens is 756 g/mol. The van der Waals surface area contributed by atoms with Gasteiger partial charge >= 0.3 is 17.9 Å². The Balaban J connectivity index is 2.76. The third-order valence-electron chi connectivity index (χ3n) is 8.25. The second-order valence-corrected chi connectivity index (χ2v) is 13.0. The van der Waals surface area contributed by atoms with Crippen LogP contribution in [-0.2, 0) is 28.8 Å². The van der Waals surface area contributed by atoms with Gasteiger partial charge in [-0.15, -0.1) is 0 Å². The fraction of sp³-hybridized carbons (Fsp3) is 0.583. The van der Waals surface area contributed by atoms with Crippen molar-refractivity contribution in [3.63, 3.8) is 0 Å². The van der Waals surface area contributed by atoms with Gasteiger partial charge in [0.05, 0.1) is 38.9 Å². The summed E-state index contributed by atoms with van der Waals surface area (Å²) in [5, 5.41) is 64.0. The summed E-state index contributed by atoms with van der Waals surface area (Å²) in [6.45, 7) is -0.467. The summed E-state index contributed by atoms with van der Waals surface area (Å²) in [7, 11) is 0. The predicted molar refractivity (Wildman–Crippen MR) is 196 cm³/mol. The second kappa shape index (κ2) is 27.8. The van der Waals surface area contributed by atoms with E-state index in [1.165, 1.54) is 18.2 Å². The van der Waals surface area contributed by atoms with Crippen LogP contribution in [0, 0.1) is 0 Å². The van der Waals surface area contributed by atoms with Gasteiger partial charge in [0, 0.05) is 55.6 Å². The maximum absolute atomic E-state index is 13.1. The zero-order chi connectivity index (χ0) is 42.8. The molecule has 0 aliphatic heterocycles. The first-order chi connectivity index (χ1) is 27.0. The molecule has 0 atom stereocenters. The number of amides is 6. The number of unbranched alkanes of at least 4 members (excludes halogenated alkanes) is 6. The molecule has 57 heavy (non-hydrogen) atoms. The molecule has 21 heteroatoms. The van der Waals surface area contributed by atoms with Crippen LogP contribution in [0.1, 0.15) is 127 Å². The lowest BCUT2D eigenvalue weighted by molar-refractivity contribution is -0.168. The summed E-state index contributed by atoms with van der Waals surface area (Å²) < 4.78 is 0. The molecule has 0 aliphatic carbocycles. The summed E-state index contributed by atoms with van der Waals surface area (Å²) in [4.78, 5) is 107.